The van der Waals surface area contributed by atoms with Gasteiger partial charge in [0.25, 0.3) is 0 Å². The topological polar surface area (TPSA) is 43.8 Å². The Morgan fingerprint density at radius 2 is 2.20 bits per heavy atom. The Bertz CT molecular complexity index is 365. The maximum Gasteiger partial charge on any atom is 0.124 e. The van der Waals surface area contributed by atoms with Crippen molar-refractivity contribution in [2.45, 2.75) is 39.5 Å². The van der Waals surface area contributed by atoms with Crippen LogP contribution in [-0.2, 0) is 7.05 Å². The van der Waals surface area contributed by atoms with Crippen LogP contribution in [0.5, 0.6) is 0 Å². The summed E-state index contributed by atoms with van der Waals surface area (Å²) in [5.74, 6) is 3.13. The Morgan fingerprint density at radius 1 is 1.53 bits per heavy atom. The molecule has 1 aromatic rings. The lowest BCUT2D eigenvalue weighted by molar-refractivity contribution is 0.529. The molecule has 0 unspecified atom stereocenters. The number of hydrogen-bond acceptors (Lipinski definition) is 2. The molecule has 1 fully saturated rings. The van der Waals surface area contributed by atoms with Crippen molar-refractivity contribution in [2.24, 2.45) is 18.9 Å². The molecule has 0 radical (unpaired) electrons. The fraction of sp³-hybridized carbons (Fsp3) is 0.750. The summed E-state index contributed by atoms with van der Waals surface area (Å²) >= 11 is 0. The molecule has 15 heavy (non-hydrogen) atoms. The third-order valence-corrected chi connectivity index (χ3v) is 3.42. The maximum absolute atomic E-state index is 5.92. The van der Waals surface area contributed by atoms with Crippen LogP contribution in [-0.4, -0.2) is 9.78 Å². The predicted molar refractivity (Wildman–Crippen MR) is 62.7 cm³/mol. The molecule has 2 rings (SSSR count). The molecule has 84 valence electrons. The molecule has 0 bridgehead atoms. The lowest BCUT2D eigenvalue weighted by atomic mass is 10.0. The van der Waals surface area contributed by atoms with Gasteiger partial charge < -0.3 is 5.73 Å². The van der Waals surface area contributed by atoms with Gasteiger partial charge in [0.05, 0.1) is 5.69 Å². The number of rotatable bonds is 3. The van der Waals surface area contributed by atoms with E-state index in [1.54, 1.807) is 4.68 Å². The first kappa shape index (κ1) is 10.5. The highest BCUT2D eigenvalue weighted by molar-refractivity contribution is 5.44. The van der Waals surface area contributed by atoms with Crippen LogP contribution in [0.15, 0.2) is 0 Å². The summed E-state index contributed by atoms with van der Waals surface area (Å²) in [5, 5.41) is 4.52. The van der Waals surface area contributed by atoms with E-state index in [0.717, 1.165) is 17.7 Å². The summed E-state index contributed by atoms with van der Waals surface area (Å²) in [4.78, 5) is 0. The van der Waals surface area contributed by atoms with Crippen LogP contribution in [0.1, 0.15) is 43.9 Å². The quantitative estimate of drug-likeness (QED) is 0.827. The summed E-state index contributed by atoms with van der Waals surface area (Å²) < 4.78 is 1.80. The van der Waals surface area contributed by atoms with Crippen LogP contribution in [0.3, 0.4) is 0 Å². The number of anilines is 1. The average molecular weight is 207 g/mol. The van der Waals surface area contributed by atoms with Gasteiger partial charge in [-0.25, -0.2) is 0 Å². The molecule has 1 heterocycles. The normalized spacial score (nSPS) is 24.9. The Labute approximate surface area is 91.7 Å². The van der Waals surface area contributed by atoms with E-state index in [1.165, 1.54) is 24.1 Å². The third-order valence-electron chi connectivity index (χ3n) is 3.42. The lowest BCUT2D eigenvalue weighted by Gasteiger charge is -2.02. The molecule has 0 saturated heterocycles. The summed E-state index contributed by atoms with van der Waals surface area (Å²) in [7, 11) is 1.92. The predicted octanol–water partition coefficient (Wildman–Crippen LogP) is 2.46. The Kier molecular flexibility index (Phi) is 2.49. The molecule has 2 N–H and O–H groups in total. The van der Waals surface area contributed by atoms with Crippen LogP contribution in [0.2, 0.25) is 0 Å². The van der Waals surface area contributed by atoms with Gasteiger partial charge in [-0.2, -0.15) is 5.10 Å². The standard InChI is InChI=1S/C12H21N3/c1-7(2)5-9-6-10(9)11-8(3)12(13)15(4)14-11/h7,9-10H,5-6,13H2,1-4H3/t9-,10-/m1/s1. The molecule has 0 aliphatic heterocycles. The van der Waals surface area contributed by atoms with Gasteiger partial charge in [-0.05, 0) is 31.6 Å². The van der Waals surface area contributed by atoms with E-state index in [9.17, 15) is 0 Å². The summed E-state index contributed by atoms with van der Waals surface area (Å²) in [6, 6.07) is 0. The first-order valence-corrected chi connectivity index (χ1v) is 5.79. The molecule has 1 aliphatic carbocycles. The molecule has 0 spiro atoms. The molecule has 0 aromatic carbocycles. The molecule has 2 atom stereocenters. The van der Waals surface area contributed by atoms with Gasteiger partial charge in [-0.3, -0.25) is 4.68 Å². The number of aryl methyl sites for hydroxylation is 1. The van der Waals surface area contributed by atoms with Crippen molar-refractivity contribution in [3.8, 4) is 0 Å². The van der Waals surface area contributed by atoms with Crippen molar-refractivity contribution in [3.05, 3.63) is 11.3 Å². The zero-order chi connectivity index (χ0) is 11.2. The van der Waals surface area contributed by atoms with Gasteiger partial charge in [0.15, 0.2) is 0 Å². The van der Waals surface area contributed by atoms with Gasteiger partial charge in [0.1, 0.15) is 5.82 Å². The Morgan fingerprint density at radius 3 is 2.67 bits per heavy atom. The fourth-order valence-corrected chi connectivity index (χ4v) is 2.47. The fourth-order valence-electron chi connectivity index (χ4n) is 2.47. The Balaban J connectivity index is 2.10. The lowest BCUT2D eigenvalue weighted by Crippen LogP contribution is -1.97. The molecule has 3 heteroatoms. The van der Waals surface area contributed by atoms with Crippen molar-refractivity contribution in [1.82, 2.24) is 9.78 Å². The van der Waals surface area contributed by atoms with E-state index in [2.05, 4.69) is 25.9 Å². The third kappa shape index (κ3) is 1.87. The second-order valence-corrected chi connectivity index (χ2v) is 5.25. The molecular weight excluding hydrogens is 186 g/mol. The maximum atomic E-state index is 5.92. The molecule has 1 saturated carbocycles. The summed E-state index contributed by atoms with van der Waals surface area (Å²) in [5.41, 5.74) is 8.34. The molecule has 1 aromatic heterocycles. The Hall–Kier alpha value is -0.990. The smallest absolute Gasteiger partial charge is 0.124 e. The monoisotopic (exact) mass is 207 g/mol. The molecular formula is C12H21N3. The van der Waals surface area contributed by atoms with E-state index >= 15 is 0 Å². The van der Waals surface area contributed by atoms with Gasteiger partial charge in [0.2, 0.25) is 0 Å². The second kappa shape index (κ2) is 3.54. The zero-order valence-electron chi connectivity index (χ0n) is 10.1. The first-order valence-electron chi connectivity index (χ1n) is 5.79. The van der Waals surface area contributed by atoms with Crippen LogP contribution in [0, 0.1) is 18.8 Å². The van der Waals surface area contributed by atoms with E-state index in [0.29, 0.717) is 5.92 Å². The van der Waals surface area contributed by atoms with Gasteiger partial charge in [-0.15, -0.1) is 0 Å². The SMILES string of the molecule is Cc1c([C@@H]2C[C@H]2CC(C)C)nn(C)c1N. The van der Waals surface area contributed by atoms with Gasteiger partial charge in [-0.1, -0.05) is 13.8 Å². The van der Waals surface area contributed by atoms with Crippen LogP contribution >= 0.6 is 0 Å². The highest BCUT2D eigenvalue weighted by atomic mass is 15.3. The number of nitrogens with two attached hydrogens (primary N) is 1. The average Bonchev–Trinajstić information content (AvgIpc) is 2.84. The zero-order valence-corrected chi connectivity index (χ0v) is 10.1. The van der Waals surface area contributed by atoms with Crippen molar-refractivity contribution in [3.63, 3.8) is 0 Å². The molecule has 3 nitrogen and oxygen atoms in total. The molecule has 0 amide bonds. The van der Waals surface area contributed by atoms with Crippen LogP contribution in [0.4, 0.5) is 5.82 Å². The number of hydrogen-bond donors (Lipinski definition) is 1. The first-order chi connectivity index (χ1) is 7.00. The number of aromatic nitrogens is 2. The van der Waals surface area contributed by atoms with E-state index < -0.39 is 0 Å². The highest BCUT2D eigenvalue weighted by Gasteiger charge is 2.41. The minimum Gasteiger partial charge on any atom is -0.384 e. The van der Waals surface area contributed by atoms with Crippen molar-refractivity contribution in [1.29, 1.82) is 0 Å². The largest absolute Gasteiger partial charge is 0.384 e. The minimum atomic E-state index is 0.677. The van der Waals surface area contributed by atoms with Crippen molar-refractivity contribution in [2.75, 3.05) is 5.73 Å². The summed E-state index contributed by atoms with van der Waals surface area (Å²) in [6.07, 6.45) is 2.62. The minimum absolute atomic E-state index is 0.677. The molecule has 1 aliphatic rings. The number of nitrogen functional groups attached to an aromatic ring is 1. The van der Waals surface area contributed by atoms with Gasteiger partial charge in [0, 0.05) is 18.5 Å². The van der Waals surface area contributed by atoms with Crippen LogP contribution in [0.25, 0.3) is 0 Å². The summed E-state index contributed by atoms with van der Waals surface area (Å²) in [6.45, 7) is 6.66. The number of nitrogens with zero attached hydrogens (tertiary/aromatic N) is 2. The van der Waals surface area contributed by atoms with Gasteiger partial charge >= 0.3 is 0 Å². The van der Waals surface area contributed by atoms with Crippen LogP contribution < -0.4 is 5.73 Å². The van der Waals surface area contributed by atoms with Crippen molar-refractivity contribution < 1.29 is 0 Å². The van der Waals surface area contributed by atoms with E-state index in [4.69, 9.17) is 5.73 Å². The highest BCUT2D eigenvalue weighted by Crippen LogP contribution is 2.51. The van der Waals surface area contributed by atoms with E-state index in [-0.39, 0.29) is 0 Å². The van der Waals surface area contributed by atoms with Crippen molar-refractivity contribution >= 4 is 5.82 Å². The second-order valence-electron chi connectivity index (χ2n) is 5.25. The van der Waals surface area contributed by atoms with E-state index in [1.807, 2.05) is 7.05 Å².